The number of rotatable bonds is 3. The lowest BCUT2D eigenvalue weighted by Gasteiger charge is -2.42. The van der Waals surface area contributed by atoms with E-state index in [9.17, 15) is 14.0 Å². The number of hydrogen-bond donors (Lipinski definition) is 0. The SMILES string of the molecule is CC1(C)c2ccccc2N(c2ccccc2)c2ccc3cc(C4=C5OC(=O)C(c6ccc(F)cc6)=C5OC4=O)ccc3c21. The smallest absolute Gasteiger partial charge is 0.348 e. The number of halogens is 1. The molecule has 0 aromatic heterocycles. The van der Waals surface area contributed by atoms with Gasteiger partial charge in [-0.05, 0) is 75.5 Å². The number of hydrogen-bond acceptors (Lipinski definition) is 5. The van der Waals surface area contributed by atoms with Gasteiger partial charge in [0, 0.05) is 11.1 Å². The number of para-hydroxylation sites is 2. The van der Waals surface area contributed by atoms with Crippen LogP contribution in [0.15, 0.2) is 121 Å². The molecular weight excluding hydrogens is 541 g/mol. The normalized spacial score (nSPS) is 16.7. The van der Waals surface area contributed by atoms with Gasteiger partial charge in [0.25, 0.3) is 0 Å². The molecule has 3 heterocycles. The van der Waals surface area contributed by atoms with E-state index in [0.29, 0.717) is 11.1 Å². The van der Waals surface area contributed by atoms with Crippen LogP contribution in [0, 0.1) is 5.82 Å². The zero-order valence-electron chi connectivity index (χ0n) is 23.4. The first-order chi connectivity index (χ1) is 20.8. The number of anilines is 3. The number of carbonyl (C=O) groups is 2. The van der Waals surface area contributed by atoms with Crippen molar-refractivity contribution in [3.8, 4) is 0 Å². The third-order valence-electron chi connectivity index (χ3n) is 8.58. The average molecular weight is 566 g/mol. The summed E-state index contributed by atoms with van der Waals surface area (Å²) in [5.41, 5.74) is 6.69. The minimum Gasteiger partial charge on any atom is -0.418 e. The molecule has 3 aliphatic heterocycles. The van der Waals surface area contributed by atoms with Crippen LogP contribution in [0.2, 0.25) is 0 Å². The number of carbonyl (C=O) groups excluding carboxylic acids is 2. The van der Waals surface area contributed by atoms with E-state index in [1.807, 2.05) is 36.4 Å². The Morgan fingerprint density at radius 2 is 1.28 bits per heavy atom. The molecule has 3 aliphatic rings. The number of nitrogens with zero attached hydrogens (tertiary/aromatic N) is 1. The van der Waals surface area contributed by atoms with Gasteiger partial charge in [-0.15, -0.1) is 0 Å². The molecule has 6 heteroatoms. The van der Waals surface area contributed by atoms with Gasteiger partial charge in [-0.2, -0.15) is 0 Å². The second kappa shape index (κ2) is 9.00. The highest BCUT2D eigenvalue weighted by atomic mass is 19.1. The molecule has 0 amide bonds. The van der Waals surface area contributed by atoms with Gasteiger partial charge in [0.1, 0.15) is 17.0 Å². The molecule has 0 saturated heterocycles. The third-order valence-corrected chi connectivity index (χ3v) is 8.58. The minimum absolute atomic E-state index is 0.0680. The Kier molecular flexibility index (Phi) is 5.28. The molecule has 5 aromatic carbocycles. The Labute approximate surface area is 247 Å². The first-order valence-corrected chi connectivity index (χ1v) is 14.0. The molecule has 0 N–H and O–H groups in total. The molecule has 208 valence electrons. The fraction of sp³-hybridized carbons (Fsp3) is 0.0811. The van der Waals surface area contributed by atoms with Gasteiger partial charge in [-0.25, -0.2) is 14.0 Å². The highest BCUT2D eigenvalue weighted by Gasteiger charge is 2.44. The lowest BCUT2D eigenvalue weighted by Crippen LogP contribution is -2.30. The standard InChI is InChI=1S/C37H24FNO4/c1-37(2)27-10-6-7-11-28(27)39(25-8-4-3-5-9-25)29-19-15-22-20-23(14-18-26(22)32(29)37)31-34-33(42-36(31)41)30(35(40)43-34)21-12-16-24(38)17-13-21/h3-20H,1-2H3. The number of ether oxygens (including phenoxy) is 2. The van der Waals surface area contributed by atoms with E-state index in [1.165, 1.54) is 35.4 Å². The zero-order valence-corrected chi connectivity index (χ0v) is 23.4. The summed E-state index contributed by atoms with van der Waals surface area (Å²) in [6.07, 6.45) is 0. The van der Waals surface area contributed by atoms with Crippen molar-refractivity contribution in [3.05, 3.63) is 149 Å². The number of esters is 2. The van der Waals surface area contributed by atoms with Crippen LogP contribution in [-0.4, -0.2) is 11.9 Å². The quantitative estimate of drug-likeness (QED) is 0.206. The summed E-state index contributed by atoms with van der Waals surface area (Å²) in [5, 5.41) is 2.00. The fourth-order valence-electron chi connectivity index (χ4n) is 6.64. The van der Waals surface area contributed by atoms with Crippen LogP contribution in [0.5, 0.6) is 0 Å². The monoisotopic (exact) mass is 565 g/mol. The minimum atomic E-state index is -0.641. The van der Waals surface area contributed by atoms with Crippen LogP contribution in [0.25, 0.3) is 21.9 Å². The number of benzene rings is 5. The maximum atomic E-state index is 13.5. The molecule has 0 bridgehead atoms. The van der Waals surface area contributed by atoms with Gasteiger partial charge in [0.05, 0.1) is 11.4 Å². The van der Waals surface area contributed by atoms with Crippen molar-refractivity contribution in [2.24, 2.45) is 0 Å². The summed E-state index contributed by atoms with van der Waals surface area (Å²) in [7, 11) is 0. The summed E-state index contributed by atoms with van der Waals surface area (Å²) in [5.74, 6) is -1.51. The van der Waals surface area contributed by atoms with Gasteiger partial charge in [-0.1, -0.05) is 80.6 Å². The maximum absolute atomic E-state index is 13.5. The third kappa shape index (κ3) is 3.63. The van der Waals surface area contributed by atoms with E-state index in [1.54, 1.807) is 0 Å². The first kappa shape index (κ1) is 25.2. The zero-order chi connectivity index (χ0) is 29.5. The summed E-state index contributed by atoms with van der Waals surface area (Å²) in [4.78, 5) is 28.3. The van der Waals surface area contributed by atoms with Gasteiger partial charge >= 0.3 is 11.9 Å². The van der Waals surface area contributed by atoms with Gasteiger partial charge in [0.2, 0.25) is 0 Å². The van der Waals surface area contributed by atoms with E-state index in [-0.39, 0.29) is 28.1 Å². The Bertz CT molecular complexity index is 2090. The second-order valence-electron chi connectivity index (χ2n) is 11.4. The molecule has 5 nitrogen and oxygen atoms in total. The molecule has 43 heavy (non-hydrogen) atoms. The van der Waals surface area contributed by atoms with Crippen LogP contribution in [-0.2, 0) is 24.5 Å². The second-order valence-corrected chi connectivity index (χ2v) is 11.4. The summed E-state index contributed by atoms with van der Waals surface area (Å²) < 4.78 is 24.7. The van der Waals surface area contributed by atoms with Crippen molar-refractivity contribution in [3.63, 3.8) is 0 Å². The van der Waals surface area contributed by atoms with Crippen molar-refractivity contribution >= 4 is 50.9 Å². The predicted octanol–water partition coefficient (Wildman–Crippen LogP) is 8.32. The van der Waals surface area contributed by atoms with Crippen molar-refractivity contribution in [2.75, 3.05) is 4.90 Å². The predicted molar refractivity (Wildman–Crippen MR) is 163 cm³/mol. The van der Waals surface area contributed by atoms with Crippen LogP contribution >= 0.6 is 0 Å². The molecule has 0 aliphatic carbocycles. The van der Waals surface area contributed by atoms with Crippen molar-refractivity contribution < 1.29 is 23.5 Å². The summed E-state index contributed by atoms with van der Waals surface area (Å²) >= 11 is 0. The molecule has 8 rings (SSSR count). The Morgan fingerprint density at radius 1 is 0.651 bits per heavy atom. The van der Waals surface area contributed by atoms with E-state index in [4.69, 9.17) is 9.47 Å². The van der Waals surface area contributed by atoms with E-state index in [0.717, 1.165) is 27.8 Å². The molecule has 0 atom stereocenters. The van der Waals surface area contributed by atoms with Gasteiger partial charge in [0.15, 0.2) is 11.5 Å². The van der Waals surface area contributed by atoms with E-state index in [2.05, 4.69) is 67.3 Å². The van der Waals surface area contributed by atoms with Crippen molar-refractivity contribution in [1.29, 1.82) is 0 Å². The molecule has 0 spiro atoms. The number of fused-ring (bicyclic) bond motifs is 5. The fourth-order valence-corrected chi connectivity index (χ4v) is 6.64. The topological polar surface area (TPSA) is 55.8 Å². The highest BCUT2D eigenvalue weighted by Crippen LogP contribution is 2.54. The van der Waals surface area contributed by atoms with Crippen molar-refractivity contribution in [2.45, 2.75) is 19.3 Å². The average Bonchev–Trinajstić information content (AvgIpc) is 3.49. The molecule has 0 unspecified atom stereocenters. The lowest BCUT2D eigenvalue weighted by atomic mass is 9.71. The lowest BCUT2D eigenvalue weighted by molar-refractivity contribution is -0.131. The van der Waals surface area contributed by atoms with E-state index >= 15 is 0 Å². The molecule has 0 fully saturated rings. The Balaban J connectivity index is 1.30. The van der Waals surface area contributed by atoms with Gasteiger partial charge in [-0.3, -0.25) is 0 Å². The molecule has 0 radical (unpaired) electrons. The first-order valence-electron chi connectivity index (χ1n) is 14.0. The van der Waals surface area contributed by atoms with Crippen LogP contribution < -0.4 is 4.90 Å². The van der Waals surface area contributed by atoms with Crippen LogP contribution in [0.3, 0.4) is 0 Å². The van der Waals surface area contributed by atoms with Crippen LogP contribution in [0.4, 0.5) is 21.5 Å². The highest BCUT2D eigenvalue weighted by molar-refractivity contribution is 6.29. The maximum Gasteiger partial charge on any atom is 0.348 e. The molecule has 0 saturated carbocycles. The summed E-state index contributed by atoms with van der Waals surface area (Å²) in [6.45, 7) is 4.48. The Morgan fingerprint density at radius 3 is 2.00 bits per heavy atom. The largest absolute Gasteiger partial charge is 0.418 e. The molecular formula is C37H24FNO4. The molecule has 5 aromatic rings. The van der Waals surface area contributed by atoms with Crippen LogP contribution in [0.1, 0.15) is 36.1 Å². The summed E-state index contributed by atoms with van der Waals surface area (Å²) in [6, 6.07) is 34.3. The van der Waals surface area contributed by atoms with Crippen molar-refractivity contribution in [1.82, 2.24) is 0 Å². The van der Waals surface area contributed by atoms with E-state index < -0.39 is 17.8 Å². The Hall–Kier alpha value is -5.49. The van der Waals surface area contributed by atoms with Gasteiger partial charge < -0.3 is 14.4 Å².